The van der Waals surface area contributed by atoms with Gasteiger partial charge in [-0.15, -0.1) is 11.3 Å². The summed E-state index contributed by atoms with van der Waals surface area (Å²) >= 11 is 7.81. The first-order valence-electron chi connectivity index (χ1n) is 10.0. The first kappa shape index (κ1) is 21.6. The second-order valence-corrected chi connectivity index (χ2v) is 8.71. The maximum absolute atomic E-state index is 13.6. The molecule has 1 aliphatic rings. The van der Waals surface area contributed by atoms with E-state index in [-0.39, 0.29) is 11.8 Å². The Morgan fingerprint density at radius 3 is 2.65 bits per heavy atom. The quantitative estimate of drug-likeness (QED) is 0.565. The average molecular weight is 455 g/mol. The summed E-state index contributed by atoms with van der Waals surface area (Å²) in [5.41, 5.74) is 2.15. The van der Waals surface area contributed by atoms with E-state index in [9.17, 15) is 9.59 Å². The van der Waals surface area contributed by atoms with E-state index in [1.54, 1.807) is 35.5 Å². The van der Waals surface area contributed by atoms with Gasteiger partial charge >= 0.3 is 0 Å². The number of methoxy groups -OCH3 is 1. The fourth-order valence-electron chi connectivity index (χ4n) is 4.02. The van der Waals surface area contributed by atoms with E-state index >= 15 is 0 Å². The zero-order valence-electron chi connectivity index (χ0n) is 17.1. The highest BCUT2D eigenvalue weighted by Gasteiger charge is 2.44. The number of hydrogen-bond acceptors (Lipinski definition) is 4. The molecule has 0 bridgehead atoms. The van der Waals surface area contributed by atoms with Crippen LogP contribution in [-0.4, -0.2) is 37.0 Å². The lowest BCUT2D eigenvalue weighted by Gasteiger charge is -2.41. The molecule has 1 aromatic heterocycles. The van der Waals surface area contributed by atoms with Crippen LogP contribution in [0.5, 0.6) is 0 Å². The van der Waals surface area contributed by atoms with Crippen molar-refractivity contribution in [1.82, 2.24) is 10.2 Å². The number of carbonyl (C=O) groups excluding carboxylic acids is 2. The molecule has 2 amide bonds. The fourth-order valence-corrected chi connectivity index (χ4v) is 5.10. The topological polar surface area (TPSA) is 58.6 Å². The summed E-state index contributed by atoms with van der Waals surface area (Å²) < 4.78 is 5.26. The Bertz CT molecular complexity index is 1070. The van der Waals surface area contributed by atoms with E-state index in [1.165, 1.54) is 0 Å². The van der Waals surface area contributed by atoms with Gasteiger partial charge in [-0.2, -0.15) is 0 Å². The summed E-state index contributed by atoms with van der Waals surface area (Å²) in [6, 6.07) is 18.3. The Balaban J connectivity index is 1.72. The molecule has 7 heteroatoms. The molecule has 2 heterocycles. The summed E-state index contributed by atoms with van der Waals surface area (Å²) in [6.45, 7) is 1.12. The van der Waals surface area contributed by atoms with Crippen LogP contribution in [0.4, 0.5) is 0 Å². The first-order chi connectivity index (χ1) is 15.1. The molecule has 2 atom stereocenters. The molecular formula is C24H23ClN2O3S. The number of carbonyl (C=O) groups is 2. The molecule has 3 aromatic rings. The van der Waals surface area contributed by atoms with Crippen LogP contribution in [0.3, 0.4) is 0 Å². The number of thiophene rings is 1. The van der Waals surface area contributed by atoms with Gasteiger partial charge in [-0.1, -0.05) is 54.1 Å². The number of hydrogen-bond donors (Lipinski definition) is 1. The smallest absolute Gasteiger partial charge is 0.254 e. The summed E-state index contributed by atoms with van der Waals surface area (Å²) in [7, 11) is 1.61. The molecule has 4 rings (SSSR count). The Morgan fingerprint density at radius 2 is 1.90 bits per heavy atom. The molecule has 0 spiro atoms. The zero-order valence-corrected chi connectivity index (χ0v) is 18.7. The monoisotopic (exact) mass is 454 g/mol. The van der Waals surface area contributed by atoms with Gasteiger partial charge in [0.1, 0.15) is 0 Å². The molecule has 0 saturated carbocycles. The van der Waals surface area contributed by atoms with Crippen molar-refractivity contribution < 1.29 is 14.3 Å². The number of nitrogens with zero attached hydrogens (tertiary/aromatic N) is 1. The molecule has 1 aliphatic heterocycles. The molecule has 2 unspecified atom stereocenters. The van der Waals surface area contributed by atoms with Gasteiger partial charge < -0.3 is 15.0 Å². The molecule has 5 nitrogen and oxygen atoms in total. The van der Waals surface area contributed by atoms with Crippen molar-refractivity contribution in [2.75, 3.05) is 20.3 Å². The van der Waals surface area contributed by atoms with E-state index in [0.717, 1.165) is 16.0 Å². The molecule has 0 fully saturated rings. The third-order valence-electron chi connectivity index (χ3n) is 5.50. The van der Waals surface area contributed by atoms with Crippen LogP contribution in [0.15, 0.2) is 66.0 Å². The van der Waals surface area contributed by atoms with Crippen molar-refractivity contribution in [3.8, 4) is 0 Å². The van der Waals surface area contributed by atoms with E-state index in [2.05, 4.69) is 5.32 Å². The highest BCUT2D eigenvalue weighted by atomic mass is 35.5. The molecule has 160 valence electrons. The van der Waals surface area contributed by atoms with Gasteiger partial charge in [0.15, 0.2) is 0 Å². The third-order valence-corrected chi connectivity index (χ3v) is 6.81. The minimum atomic E-state index is -0.535. The molecule has 31 heavy (non-hydrogen) atoms. The predicted molar refractivity (Wildman–Crippen MR) is 122 cm³/mol. The summed E-state index contributed by atoms with van der Waals surface area (Å²) in [4.78, 5) is 29.6. The van der Waals surface area contributed by atoms with Gasteiger partial charge in [-0.3, -0.25) is 9.59 Å². The van der Waals surface area contributed by atoms with E-state index in [4.69, 9.17) is 16.3 Å². The lowest BCUT2D eigenvalue weighted by molar-refractivity contribution is -0.124. The summed E-state index contributed by atoms with van der Waals surface area (Å²) in [6.07, 6.45) is 0. The number of ether oxygens (including phenoxy) is 1. The standard InChI is InChI=1S/C24H23ClN2O3S/c1-30-13-12-27-22(20-11-6-14-31-20)21(17-8-3-4-9-18(17)24(27)29)23(28)26-15-16-7-2-5-10-19(16)25/h2-11,14,21-22H,12-13,15H2,1H3,(H,26,28). The third kappa shape index (κ3) is 4.37. The van der Waals surface area contributed by atoms with Gasteiger partial charge in [0, 0.05) is 35.7 Å². The first-order valence-corrected chi connectivity index (χ1v) is 11.3. The molecule has 1 N–H and O–H groups in total. The SMILES string of the molecule is COCCN1C(=O)c2ccccc2C(C(=O)NCc2ccccc2Cl)C1c1cccs1. The van der Waals surface area contributed by atoms with Gasteiger partial charge in [0.2, 0.25) is 5.91 Å². The predicted octanol–water partition coefficient (Wildman–Crippen LogP) is 4.65. The maximum atomic E-state index is 13.6. The van der Waals surface area contributed by atoms with Gasteiger partial charge in [-0.05, 0) is 34.7 Å². The van der Waals surface area contributed by atoms with Crippen LogP contribution in [0.1, 0.15) is 38.3 Å². The molecule has 0 aliphatic carbocycles. The minimum absolute atomic E-state index is 0.0822. The van der Waals surface area contributed by atoms with Crippen LogP contribution in [0.25, 0.3) is 0 Å². The number of halogens is 1. The van der Waals surface area contributed by atoms with Crippen molar-refractivity contribution in [2.45, 2.75) is 18.5 Å². The molecule has 0 radical (unpaired) electrons. The van der Waals surface area contributed by atoms with Crippen molar-refractivity contribution in [3.63, 3.8) is 0 Å². The average Bonchev–Trinajstić information content (AvgIpc) is 3.32. The van der Waals surface area contributed by atoms with Crippen LogP contribution in [-0.2, 0) is 16.1 Å². The van der Waals surface area contributed by atoms with Gasteiger partial charge in [0.05, 0.1) is 18.6 Å². The number of rotatable bonds is 7. The highest BCUT2D eigenvalue weighted by Crippen LogP contribution is 2.44. The second-order valence-electron chi connectivity index (χ2n) is 7.33. The van der Waals surface area contributed by atoms with E-state index < -0.39 is 12.0 Å². The fraction of sp³-hybridized carbons (Fsp3) is 0.250. The van der Waals surface area contributed by atoms with Crippen molar-refractivity contribution in [3.05, 3.63) is 92.6 Å². The van der Waals surface area contributed by atoms with Gasteiger partial charge in [-0.25, -0.2) is 0 Å². The molecule has 2 aromatic carbocycles. The van der Waals surface area contributed by atoms with Crippen molar-refractivity contribution >= 4 is 34.8 Å². The largest absolute Gasteiger partial charge is 0.383 e. The Hall–Kier alpha value is -2.67. The Labute approximate surface area is 190 Å². The zero-order chi connectivity index (χ0) is 21.8. The van der Waals surface area contributed by atoms with Crippen LogP contribution in [0, 0.1) is 0 Å². The summed E-state index contributed by atoms with van der Waals surface area (Å²) in [5, 5.41) is 5.62. The Kier molecular flexibility index (Phi) is 6.70. The minimum Gasteiger partial charge on any atom is -0.383 e. The van der Waals surface area contributed by atoms with Crippen LogP contribution in [0.2, 0.25) is 5.02 Å². The van der Waals surface area contributed by atoms with Crippen LogP contribution < -0.4 is 5.32 Å². The summed E-state index contributed by atoms with van der Waals surface area (Å²) in [5.74, 6) is -0.756. The maximum Gasteiger partial charge on any atom is 0.254 e. The number of amides is 2. The normalized spacial score (nSPS) is 18.0. The van der Waals surface area contributed by atoms with Gasteiger partial charge in [0.25, 0.3) is 5.91 Å². The number of fused-ring (bicyclic) bond motifs is 1. The second kappa shape index (κ2) is 9.64. The van der Waals surface area contributed by atoms with Crippen molar-refractivity contribution in [1.29, 1.82) is 0 Å². The van der Waals surface area contributed by atoms with Crippen molar-refractivity contribution in [2.24, 2.45) is 0 Å². The lowest BCUT2D eigenvalue weighted by Crippen LogP contribution is -2.48. The lowest BCUT2D eigenvalue weighted by atomic mass is 9.81. The molecular weight excluding hydrogens is 432 g/mol. The van der Waals surface area contributed by atoms with E-state index in [0.29, 0.717) is 30.3 Å². The van der Waals surface area contributed by atoms with Crippen LogP contribution >= 0.6 is 22.9 Å². The molecule has 0 saturated heterocycles. The Morgan fingerprint density at radius 1 is 1.13 bits per heavy atom. The number of nitrogens with one attached hydrogen (secondary N) is 1. The highest BCUT2D eigenvalue weighted by molar-refractivity contribution is 7.10. The number of benzene rings is 2. The van der Waals surface area contributed by atoms with E-state index in [1.807, 2.05) is 53.9 Å².